The van der Waals surface area contributed by atoms with E-state index in [0.717, 1.165) is 28.3 Å². The molecule has 1 N–H and O–H groups in total. The van der Waals surface area contributed by atoms with Crippen molar-refractivity contribution in [1.82, 2.24) is 4.57 Å². The molecule has 1 aliphatic heterocycles. The fraction of sp³-hybridized carbons (Fsp3) is 0.304. The summed E-state index contributed by atoms with van der Waals surface area (Å²) in [6.45, 7) is 9.53. The van der Waals surface area contributed by atoms with Crippen LogP contribution in [0.1, 0.15) is 25.0 Å². The summed E-state index contributed by atoms with van der Waals surface area (Å²) < 4.78 is 7.76. The molecule has 0 spiro atoms. The molecule has 0 saturated heterocycles. The number of aryl methyl sites for hydroxylation is 2. The predicted octanol–water partition coefficient (Wildman–Crippen LogP) is 5.05. The summed E-state index contributed by atoms with van der Waals surface area (Å²) in [5.74, 6) is 1.06. The third kappa shape index (κ3) is 4.12. The summed E-state index contributed by atoms with van der Waals surface area (Å²) in [5.41, 5.74) is 6.25. The molecule has 150 valence electrons. The number of anilines is 1. The third-order valence-electron chi connectivity index (χ3n) is 4.82. The van der Waals surface area contributed by atoms with Gasteiger partial charge in [0, 0.05) is 17.5 Å². The van der Waals surface area contributed by atoms with Crippen LogP contribution in [-0.2, 0) is 11.3 Å². The monoisotopic (exact) mass is 407 g/mol. The second-order valence-corrected chi connectivity index (χ2v) is 8.69. The van der Waals surface area contributed by atoms with Gasteiger partial charge in [0.05, 0.1) is 17.1 Å². The molecule has 1 amide bonds. The molecule has 0 saturated carbocycles. The lowest BCUT2D eigenvalue weighted by Crippen LogP contribution is -2.25. The van der Waals surface area contributed by atoms with Gasteiger partial charge in [0.2, 0.25) is 0 Å². The van der Waals surface area contributed by atoms with Crippen LogP contribution in [0.25, 0.3) is 11.3 Å². The van der Waals surface area contributed by atoms with Crippen molar-refractivity contribution >= 4 is 28.6 Å². The Balaban J connectivity index is 1.82. The van der Waals surface area contributed by atoms with Gasteiger partial charge in [-0.3, -0.25) is 4.79 Å². The maximum atomic E-state index is 11.7. The van der Waals surface area contributed by atoms with Gasteiger partial charge in [0.25, 0.3) is 5.91 Å². The average molecular weight is 408 g/mol. The smallest absolute Gasteiger partial charge is 0.262 e. The number of rotatable bonds is 4. The molecule has 0 bridgehead atoms. The van der Waals surface area contributed by atoms with Gasteiger partial charge in [0.1, 0.15) is 5.75 Å². The van der Waals surface area contributed by atoms with Gasteiger partial charge in [-0.1, -0.05) is 31.5 Å². The maximum absolute atomic E-state index is 11.7. The highest BCUT2D eigenvalue weighted by Gasteiger charge is 2.18. The molecule has 0 aliphatic carbocycles. The molecule has 2 heterocycles. The average Bonchev–Trinajstić information content (AvgIpc) is 3.05. The minimum absolute atomic E-state index is 0.0665. The zero-order valence-electron chi connectivity index (χ0n) is 17.2. The summed E-state index contributed by atoms with van der Waals surface area (Å²) in [5, 5.41) is 5.03. The van der Waals surface area contributed by atoms with Gasteiger partial charge in [-0.25, -0.2) is 4.99 Å². The molecule has 3 aromatic rings. The standard InChI is InChI=1S/C23H25N3O2S/c1-14(2)11-26-20(17-6-8-21-19(10-17)24-22(27)12-28-21)13-29-23(26)25-18-7-5-15(3)9-16(18)4/h5-10,13-14H,11-12H2,1-4H3,(H,24,27). The van der Waals surface area contributed by atoms with Crippen LogP contribution in [0.15, 0.2) is 46.8 Å². The molecule has 6 heteroatoms. The summed E-state index contributed by atoms with van der Waals surface area (Å²) >= 11 is 1.64. The Morgan fingerprint density at radius 1 is 1.21 bits per heavy atom. The van der Waals surface area contributed by atoms with E-state index < -0.39 is 0 Å². The molecular weight excluding hydrogens is 382 g/mol. The van der Waals surface area contributed by atoms with E-state index in [1.165, 1.54) is 11.1 Å². The second kappa shape index (κ2) is 7.87. The van der Waals surface area contributed by atoms with Crippen molar-refractivity contribution in [2.75, 3.05) is 11.9 Å². The van der Waals surface area contributed by atoms with Gasteiger partial charge >= 0.3 is 0 Å². The van der Waals surface area contributed by atoms with Gasteiger partial charge in [-0.2, -0.15) is 0 Å². The number of carbonyl (C=O) groups excluding carboxylic acids is 1. The van der Waals surface area contributed by atoms with Crippen molar-refractivity contribution in [2.45, 2.75) is 34.2 Å². The minimum atomic E-state index is -0.124. The van der Waals surface area contributed by atoms with E-state index in [0.29, 0.717) is 17.4 Å². The van der Waals surface area contributed by atoms with Crippen LogP contribution in [0.2, 0.25) is 0 Å². The van der Waals surface area contributed by atoms with E-state index in [4.69, 9.17) is 9.73 Å². The van der Waals surface area contributed by atoms with Crippen LogP contribution >= 0.6 is 11.3 Å². The lowest BCUT2D eigenvalue weighted by atomic mass is 10.1. The van der Waals surface area contributed by atoms with Crippen molar-refractivity contribution in [2.24, 2.45) is 10.9 Å². The maximum Gasteiger partial charge on any atom is 0.262 e. The minimum Gasteiger partial charge on any atom is -0.482 e. The molecule has 0 fully saturated rings. The first kappa shape index (κ1) is 19.5. The molecule has 0 atom stereocenters. The van der Waals surface area contributed by atoms with Gasteiger partial charge < -0.3 is 14.6 Å². The Morgan fingerprint density at radius 3 is 2.79 bits per heavy atom. The quantitative estimate of drug-likeness (QED) is 0.658. The van der Waals surface area contributed by atoms with Crippen LogP contribution in [0.5, 0.6) is 5.75 Å². The first-order valence-corrected chi connectivity index (χ1v) is 10.7. The zero-order chi connectivity index (χ0) is 20.5. The molecular formula is C23H25N3O2S. The Labute approximate surface area is 174 Å². The molecule has 0 unspecified atom stereocenters. The van der Waals surface area contributed by atoms with Crippen LogP contribution in [0, 0.1) is 19.8 Å². The Bertz CT molecular complexity index is 1140. The molecule has 2 aromatic carbocycles. The largest absolute Gasteiger partial charge is 0.482 e. The number of hydrogen-bond acceptors (Lipinski definition) is 4. The molecule has 5 nitrogen and oxygen atoms in total. The third-order valence-corrected chi connectivity index (χ3v) is 5.69. The number of amides is 1. The number of fused-ring (bicyclic) bond motifs is 1. The lowest BCUT2D eigenvalue weighted by molar-refractivity contribution is -0.118. The summed E-state index contributed by atoms with van der Waals surface area (Å²) in [6.07, 6.45) is 0. The van der Waals surface area contributed by atoms with Crippen LogP contribution in [0.4, 0.5) is 11.4 Å². The zero-order valence-corrected chi connectivity index (χ0v) is 18.0. The summed E-state index contributed by atoms with van der Waals surface area (Å²) in [6, 6.07) is 12.3. The van der Waals surface area contributed by atoms with E-state index in [2.05, 4.69) is 61.2 Å². The van der Waals surface area contributed by atoms with Crippen molar-refractivity contribution in [1.29, 1.82) is 0 Å². The van der Waals surface area contributed by atoms with E-state index >= 15 is 0 Å². The van der Waals surface area contributed by atoms with Gasteiger partial charge in [-0.15, -0.1) is 11.3 Å². The van der Waals surface area contributed by atoms with Crippen LogP contribution < -0.4 is 14.9 Å². The number of nitrogens with one attached hydrogen (secondary N) is 1. The van der Waals surface area contributed by atoms with Crippen LogP contribution in [-0.4, -0.2) is 17.1 Å². The fourth-order valence-electron chi connectivity index (χ4n) is 3.47. The summed E-state index contributed by atoms with van der Waals surface area (Å²) in [4.78, 5) is 17.6. The van der Waals surface area contributed by atoms with Crippen molar-refractivity contribution < 1.29 is 9.53 Å². The number of aromatic nitrogens is 1. The molecule has 29 heavy (non-hydrogen) atoms. The topological polar surface area (TPSA) is 55.6 Å². The molecule has 4 rings (SSSR count). The first-order chi connectivity index (χ1) is 13.9. The number of ether oxygens (including phenoxy) is 1. The van der Waals surface area contributed by atoms with Crippen molar-refractivity contribution in [3.05, 3.63) is 57.7 Å². The van der Waals surface area contributed by atoms with Gasteiger partial charge in [-0.05, 0) is 49.6 Å². The highest BCUT2D eigenvalue weighted by molar-refractivity contribution is 7.07. The number of benzene rings is 2. The second-order valence-electron chi connectivity index (χ2n) is 7.86. The van der Waals surface area contributed by atoms with E-state index in [1.807, 2.05) is 18.2 Å². The lowest BCUT2D eigenvalue weighted by Gasteiger charge is -2.19. The van der Waals surface area contributed by atoms with Crippen LogP contribution in [0.3, 0.4) is 0 Å². The van der Waals surface area contributed by atoms with Gasteiger partial charge in [0.15, 0.2) is 11.4 Å². The summed E-state index contributed by atoms with van der Waals surface area (Å²) in [7, 11) is 0. The number of thiazole rings is 1. The van der Waals surface area contributed by atoms with E-state index in [-0.39, 0.29) is 12.5 Å². The molecule has 1 aromatic heterocycles. The van der Waals surface area contributed by atoms with Crippen molar-refractivity contribution in [3.63, 3.8) is 0 Å². The highest BCUT2D eigenvalue weighted by Crippen LogP contribution is 2.33. The Kier molecular flexibility index (Phi) is 5.28. The SMILES string of the molecule is Cc1ccc(N=c2scc(-c3ccc4c(c3)NC(=O)CO4)n2CC(C)C)c(C)c1. The first-order valence-electron chi connectivity index (χ1n) is 9.78. The highest BCUT2D eigenvalue weighted by atomic mass is 32.1. The number of nitrogens with zero attached hydrogens (tertiary/aromatic N) is 2. The van der Waals surface area contributed by atoms with Crippen molar-refractivity contribution in [3.8, 4) is 17.0 Å². The van der Waals surface area contributed by atoms with E-state index in [1.54, 1.807) is 11.3 Å². The normalized spacial score (nSPS) is 14.0. The predicted molar refractivity (Wildman–Crippen MR) is 118 cm³/mol. The van der Waals surface area contributed by atoms with E-state index in [9.17, 15) is 4.79 Å². The Morgan fingerprint density at radius 2 is 2.03 bits per heavy atom. The molecule has 0 radical (unpaired) electrons. The Hall–Kier alpha value is -2.86. The fourth-order valence-corrected chi connectivity index (χ4v) is 4.40. The molecule has 1 aliphatic rings. The number of carbonyl (C=O) groups is 1. The number of hydrogen-bond donors (Lipinski definition) is 1.